The second-order valence-corrected chi connectivity index (χ2v) is 9.03. The van der Waals surface area contributed by atoms with Gasteiger partial charge in [-0.05, 0) is 36.8 Å². The summed E-state index contributed by atoms with van der Waals surface area (Å²) in [6.07, 6.45) is 2.45. The Bertz CT molecular complexity index is 1070. The van der Waals surface area contributed by atoms with Gasteiger partial charge in [0.15, 0.2) is 18.2 Å². The van der Waals surface area contributed by atoms with Crippen molar-refractivity contribution in [3.63, 3.8) is 0 Å². The first-order chi connectivity index (χ1) is 16.0. The first-order valence-corrected chi connectivity index (χ1v) is 11.5. The van der Waals surface area contributed by atoms with Crippen molar-refractivity contribution >= 4 is 17.9 Å². The Morgan fingerprint density at radius 2 is 1.73 bits per heavy atom. The number of nitrogens with zero attached hydrogens (tertiary/aromatic N) is 4. The van der Waals surface area contributed by atoms with Gasteiger partial charge in [-0.15, -0.1) is 0 Å². The minimum absolute atomic E-state index is 0.214. The summed E-state index contributed by atoms with van der Waals surface area (Å²) in [4.78, 5) is 35.3. The number of piperidine rings is 1. The lowest BCUT2D eigenvalue weighted by Crippen LogP contribution is -2.64. The van der Waals surface area contributed by atoms with Crippen LogP contribution in [0.25, 0.3) is 0 Å². The quantitative estimate of drug-likeness (QED) is 0.780. The normalized spacial score (nSPS) is 23.5. The van der Waals surface area contributed by atoms with Gasteiger partial charge in [-0.2, -0.15) is 0 Å². The van der Waals surface area contributed by atoms with E-state index in [2.05, 4.69) is 34.5 Å². The maximum Gasteiger partial charge on any atom is 0.325 e. The second-order valence-electron chi connectivity index (χ2n) is 9.03. The van der Waals surface area contributed by atoms with E-state index in [-0.39, 0.29) is 12.4 Å². The van der Waals surface area contributed by atoms with E-state index in [1.807, 2.05) is 11.0 Å². The number of likely N-dealkylation sites (N-methyl/N-ethyl adjacent to an activating group) is 1. The van der Waals surface area contributed by atoms with Crippen LogP contribution in [0.1, 0.15) is 24.0 Å². The molecule has 8 heteroatoms. The van der Waals surface area contributed by atoms with Gasteiger partial charge in [-0.3, -0.25) is 10.1 Å². The average Bonchev–Trinajstić information content (AvgIpc) is 3.20. The summed E-state index contributed by atoms with van der Waals surface area (Å²) in [6, 6.07) is 16.0. The highest BCUT2D eigenvalue weighted by atomic mass is 19.1. The van der Waals surface area contributed by atoms with Crippen molar-refractivity contribution < 1.29 is 14.0 Å². The molecule has 5 rings (SSSR count). The van der Waals surface area contributed by atoms with Gasteiger partial charge in [0, 0.05) is 32.2 Å². The fourth-order valence-electron chi connectivity index (χ4n) is 5.04. The predicted octanol–water partition coefficient (Wildman–Crippen LogP) is 2.83. The van der Waals surface area contributed by atoms with Crippen molar-refractivity contribution in [3.05, 3.63) is 71.5 Å². The second kappa shape index (κ2) is 8.84. The number of urea groups is 1. The molecule has 2 saturated heterocycles. The number of amides is 3. The number of rotatable bonds is 4. The van der Waals surface area contributed by atoms with Crippen LogP contribution < -0.4 is 5.32 Å². The highest BCUT2D eigenvalue weighted by Gasteiger charge is 2.50. The first kappa shape index (κ1) is 21.4. The molecule has 3 aliphatic rings. The van der Waals surface area contributed by atoms with Crippen molar-refractivity contribution in [2.75, 3.05) is 20.1 Å². The molecule has 2 atom stereocenters. The van der Waals surface area contributed by atoms with E-state index in [4.69, 9.17) is 4.99 Å². The Balaban J connectivity index is 1.36. The molecular formula is C25H28FN5O2. The summed E-state index contributed by atoms with van der Waals surface area (Å²) in [7, 11) is 1.64. The van der Waals surface area contributed by atoms with Crippen LogP contribution >= 0.6 is 0 Å². The van der Waals surface area contributed by atoms with Crippen LogP contribution in [0.4, 0.5) is 9.18 Å². The van der Waals surface area contributed by atoms with Crippen LogP contribution in [-0.2, 0) is 17.8 Å². The summed E-state index contributed by atoms with van der Waals surface area (Å²) >= 11 is 0. The third kappa shape index (κ3) is 4.17. The molecule has 3 heterocycles. The number of fused-ring (bicyclic) bond motifs is 1. The molecule has 3 aliphatic heterocycles. The smallest absolute Gasteiger partial charge is 0.325 e. The van der Waals surface area contributed by atoms with E-state index in [0.29, 0.717) is 17.4 Å². The fourth-order valence-corrected chi connectivity index (χ4v) is 5.04. The maximum atomic E-state index is 14.5. The van der Waals surface area contributed by atoms with Gasteiger partial charge < -0.3 is 14.7 Å². The third-order valence-electron chi connectivity index (χ3n) is 6.90. The van der Waals surface area contributed by atoms with Crippen LogP contribution in [0.15, 0.2) is 59.6 Å². The third-order valence-corrected chi connectivity index (χ3v) is 6.90. The predicted molar refractivity (Wildman–Crippen MR) is 123 cm³/mol. The molecule has 33 heavy (non-hydrogen) atoms. The van der Waals surface area contributed by atoms with E-state index >= 15 is 0 Å². The fraction of sp³-hybridized carbons (Fsp3) is 0.400. The highest BCUT2D eigenvalue weighted by Crippen LogP contribution is 2.30. The van der Waals surface area contributed by atoms with Crippen LogP contribution in [0, 0.1) is 11.7 Å². The summed E-state index contributed by atoms with van der Waals surface area (Å²) in [5.74, 6) is 0.545. The minimum Gasteiger partial charge on any atom is -0.343 e. The number of carbonyl (C=O) groups excluding carboxylic acids is 2. The van der Waals surface area contributed by atoms with E-state index in [1.165, 1.54) is 16.5 Å². The number of aliphatic imine (C=N–C) groups is 1. The number of halogens is 1. The monoisotopic (exact) mass is 449 g/mol. The van der Waals surface area contributed by atoms with Crippen LogP contribution in [0.2, 0.25) is 0 Å². The van der Waals surface area contributed by atoms with Gasteiger partial charge in [0.25, 0.3) is 5.91 Å². The van der Waals surface area contributed by atoms with Crippen molar-refractivity contribution in [2.24, 2.45) is 10.9 Å². The number of likely N-dealkylation sites (tertiary alicyclic amines) is 1. The summed E-state index contributed by atoms with van der Waals surface area (Å²) in [5, 5.41) is 2.41. The van der Waals surface area contributed by atoms with Gasteiger partial charge in [0.2, 0.25) is 0 Å². The molecule has 0 saturated carbocycles. The molecule has 0 radical (unpaired) electrons. The molecule has 2 aromatic rings. The van der Waals surface area contributed by atoms with E-state index < -0.39 is 24.1 Å². The number of hydrogen-bond acceptors (Lipinski definition) is 5. The van der Waals surface area contributed by atoms with Gasteiger partial charge >= 0.3 is 6.03 Å². The Morgan fingerprint density at radius 1 is 1.03 bits per heavy atom. The summed E-state index contributed by atoms with van der Waals surface area (Å²) in [6.45, 7) is 1.83. The molecule has 2 fully saturated rings. The van der Waals surface area contributed by atoms with Crippen molar-refractivity contribution in [2.45, 2.75) is 38.0 Å². The average molecular weight is 450 g/mol. The lowest BCUT2D eigenvalue weighted by molar-refractivity contribution is -0.127. The molecule has 172 valence electrons. The Labute approximate surface area is 192 Å². The molecule has 0 bridgehead atoms. The van der Waals surface area contributed by atoms with Crippen LogP contribution in [0.5, 0.6) is 0 Å². The van der Waals surface area contributed by atoms with E-state index in [1.54, 1.807) is 25.2 Å². The maximum absolute atomic E-state index is 14.5. The van der Waals surface area contributed by atoms with E-state index in [0.717, 1.165) is 32.4 Å². The molecule has 7 nitrogen and oxygen atoms in total. The Morgan fingerprint density at radius 3 is 2.45 bits per heavy atom. The number of benzene rings is 2. The van der Waals surface area contributed by atoms with Gasteiger partial charge in [0.1, 0.15) is 5.82 Å². The zero-order chi connectivity index (χ0) is 22.9. The molecule has 0 aliphatic carbocycles. The first-order valence-electron chi connectivity index (χ1n) is 11.5. The number of guanidine groups is 1. The standard InChI is InChI=1S/C25H28FN5O2/c1-29-22-21(23(32)28-25(29)33)31(16-19-9-5-6-10-20(19)26)24(27-22)30-13-11-18(12-14-30)15-17-7-3-2-4-8-17/h2-10,18,21-22H,11-16H2,1H3,(H,28,32,33). The highest BCUT2D eigenvalue weighted by molar-refractivity contribution is 6.03. The summed E-state index contributed by atoms with van der Waals surface area (Å²) in [5.41, 5.74) is 1.84. The van der Waals surface area contributed by atoms with Gasteiger partial charge in [-0.25, -0.2) is 14.2 Å². The molecular weight excluding hydrogens is 421 g/mol. The van der Waals surface area contributed by atoms with Gasteiger partial charge in [0.05, 0.1) is 0 Å². The van der Waals surface area contributed by atoms with Crippen molar-refractivity contribution in [3.8, 4) is 0 Å². The molecule has 3 amide bonds. The number of nitrogens with one attached hydrogen (secondary N) is 1. The van der Waals surface area contributed by atoms with Crippen LogP contribution in [0.3, 0.4) is 0 Å². The molecule has 2 aromatic carbocycles. The van der Waals surface area contributed by atoms with E-state index in [9.17, 15) is 14.0 Å². The van der Waals surface area contributed by atoms with Crippen molar-refractivity contribution in [1.82, 2.24) is 20.0 Å². The number of imide groups is 1. The molecule has 2 unspecified atom stereocenters. The molecule has 0 aromatic heterocycles. The molecule has 0 spiro atoms. The topological polar surface area (TPSA) is 68.2 Å². The summed E-state index contributed by atoms with van der Waals surface area (Å²) < 4.78 is 14.5. The largest absolute Gasteiger partial charge is 0.343 e. The Kier molecular flexibility index (Phi) is 5.74. The zero-order valence-electron chi connectivity index (χ0n) is 18.7. The van der Waals surface area contributed by atoms with Gasteiger partial charge in [-0.1, -0.05) is 48.5 Å². The molecule has 1 N–H and O–H groups in total. The Hall–Kier alpha value is -3.42. The lowest BCUT2D eigenvalue weighted by Gasteiger charge is -2.39. The minimum atomic E-state index is -0.677. The number of carbonyl (C=O) groups is 2. The SMILES string of the molecule is CN1C(=O)NC(=O)C2C1N=C(N1CCC(Cc3ccccc3)CC1)N2Cc1ccccc1F. The van der Waals surface area contributed by atoms with Crippen LogP contribution in [-0.4, -0.2) is 64.9 Å². The lowest BCUT2D eigenvalue weighted by atomic mass is 9.90. The number of hydrogen-bond donors (Lipinski definition) is 1. The zero-order valence-corrected chi connectivity index (χ0v) is 18.7. The van der Waals surface area contributed by atoms with Crippen molar-refractivity contribution in [1.29, 1.82) is 0 Å².